The predicted octanol–water partition coefficient (Wildman–Crippen LogP) is 6.31. The number of aromatic nitrogens is 4. The lowest BCUT2D eigenvalue weighted by Gasteiger charge is -2.47. The number of carbonyl (C=O) groups excluding carboxylic acids is 1. The molecule has 0 unspecified atom stereocenters. The van der Waals surface area contributed by atoms with E-state index in [0.29, 0.717) is 60.0 Å². The van der Waals surface area contributed by atoms with Crippen molar-refractivity contribution in [2.45, 2.75) is 44.9 Å². The number of ether oxygens (including phenoxy) is 2. The van der Waals surface area contributed by atoms with Gasteiger partial charge in [0.05, 0.1) is 29.9 Å². The van der Waals surface area contributed by atoms with Crippen LogP contribution in [-0.2, 0) is 36.1 Å². The van der Waals surface area contributed by atoms with Crippen LogP contribution in [-0.4, -0.2) is 86.1 Å². The molecule has 1 aliphatic carbocycles. The molecule has 284 valence electrons. The molecule has 3 saturated heterocycles. The van der Waals surface area contributed by atoms with E-state index in [1.54, 1.807) is 7.11 Å². The molecule has 14 heteroatoms. The van der Waals surface area contributed by atoms with Gasteiger partial charge in [0, 0.05) is 86.6 Å². The number of likely N-dealkylation sites (tertiary alicyclic amines) is 2. The second-order valence-corrected chi connectivity index (χ2v) is 16.3. The lowest BCUT2D eigenvalue weighted by Crippen LogP contribution is -2.56. The Hall–Kier alpha value is -4.75. The number of fused-ring (bicyclic) bond motifs is 2. The van der Waals surface area contributed by atoms with Crippen LogP contribution < -0.4 is 14.8 Å². The smallest absolute Gasteiger partial charge is 0.307 e. The van der Waals surface area contributed by atoms with Crippen LogP contribution in [0.4, 0.5) is 0 Å². The number of aliphatic carboxylic acids is 1. The number of halogens is 2. The average Bonchev–Trinajstić information content (AvgIpc) is 3.96. The molecule has 3 aromatic heterocycles. The van der Waals surface area contributed by atoms with E-state index in [2.05, 4.69) is 38.4 Å². The summed E-state index contributed by atoms with van der Waals surface area (Å²) in [6, 6.07) is 14.0. The Kier molecular flexibility index (Phi) is 9.19. The second-order valence-electron chi connectivity index (χ2n) is 15.5. The van der Waals surface area contributed by atoms with Gasteiger partial charge in [0.1, 0.15) is 16.6 Å². The van der Waals surface area contributed by atoms with Crippen LogP contribution >= 0.6 is 23.2 Å². The normalized spacial score (nSPS) is 20.5. The van der Waals surface area contributed by atoms with Crippen molar-refractivity contribution in [1.29, 1.82) is 0 Å². The third-order valence-corrected chi connectivity index (χ3v) is 12.4. The zero-order valence-electron chi connectivity index (χ0n) is 30.6. The molecule has 9 rings (SSSR count). The number of amides is 1. The van der Waals surface area contributed by atoms with E-state index in [1.807, 2.05) is 48.1 Å². The quantitative estimate of drug-likeness (QED) is 0.166. The third-order valence-electron chi connectivity index (χ3n) is 11.7. The molecule has 1 amide bonds. The predicted molar refractivity (Wildman–Crippen MR) is 208 cm³/mol. The minimum absolute atomic E-state index is 0.0757. The maximum atomic E-state index is 11.8. The summed E-state index contributed by atoms with van der Waals surface area (Å²) >= 11 is 14.0. The molecule has 0 saturated carbocycles. The van der Waals surface area contributed by atoms with Crippen LogP contribution in [0.2, 0.25) is 10.0 Å². The largest absolute Gasteiger partial charge is 0.481 e. The highest BCUT2D eigenvalue weighted by Crippen LogP contribution is 2.45. The Morgan fingerprint density at radius 3 is 2.56 bits per heavy atom. The van der Waals surface area contributed by atoms with Gasteiger partial charge in [-0.05, 0) is 48.6 Å². The molecule has 5 aromatic rings. The van der Waals surface area contributed by atoms with Gasteiger partial charge in [-0.3, -0.25) is 24.4 Å². The fourth-order valence-corrected chi connectivity index (χ4v) is 9.58. The Labute approximate surface area is 328 Å². The fourth-order valence-electron chi connectivity index (χ4n) is 9.03. The van der Waals surface area contributed by atoms with Crippen molar-refractivity contribution >= 4 is 46.2 Å². The number of hydrogen-bond acceptors (Lipinski definition) is 9. The number of rotatable bonds is 10. The summed E-state index contributed by atoms with van der Waals surface area (Å²) in [4.78, 5) is 42.3. The first kappa shape index (κ1) is 35.9. The average molecular weight is 783 g/mol. The Balaban J connectivity index is 0.938. The van der Waals surface area contributed by atoms with Gasteiger partial charge in [-0.2, -0.15) is 4.98 Å². The molecule has 0 radical (unpaired) electrons. The molecule has 2 N–H and O–H groups in total. The van der Waals surface area contributed by atoms with Crippen LogP contribution in [0.15, 0.2) is 54.9 Å². The number of benzene rings is 2. The van der Waals surface area contributed by atoms with Gasteiger partial charge in [-0.25, -0.2) is 4.98 Å². The molecular formula is C41H41Cl2N7O5. The summed E-state index contributed by atoms with van der Waals surface area (Å²) in [5, 5.41) is 13.4. The van der Waals surface area contributed by atoms with E-state index in [-0.39, 0.29) is 23.3 Å². The number of hydrogen-bond donors (Lipinski definition) is 2. The summed E-state index contributed by atoms with van der Waals surface area (Å²) in [5.41, 5.74) is 9.30. The maximum Gasteiger partial charge on any atom is 0.307 e. The van der Waals surface area contributed by atoms with Crippen molar-refractivity contribution in [3.05, 3.63) is 87.2 Å². The highest BCUT2D eigenvalue weighted by Gasteiger charge is 2.48. The van der Waals surface area contributed by atoms with Crippen molar-refractivity contribution in [2.24, 2.45) is 18.4 Å². The van der Waals surface area contributed by atoms with Crippen LogP contribution in [0.1, 0.15) is 47.6 Å². The highest BCUT2D eigenvalue weighted by molar-refractivity contribution is 6.36. The van der Waals surface area contributed by atoms with E-state index < -0.39 is 5.97 Å². The van der Waals surface area contributed by atoms with Crippen LogP contribution in [0.3, 0.4) is 0 Å². The Morgan fingerprint density at radius 2 is 1.80 bits per heavy atom. The molecule has 4 aliphatic rings. The zero-order chi connectivity index (χ0) is 38.0. The first-order valence-corrected chi connectivity index (χ1v) is 19.4. The Bertz CT molecular complexity index is 2360. The second kappa shape index (κ2) is 14.1. The molecule has 2 aromatic carbocycles. The molecule has 2 atom stereocenters. The van der Waals surface area contributed by atoms with Gasteiger partial charge in [-0.1, -0.05) is 59.6 Å². The summed E-state index contributed by atoms with van der Waals surface area (Å²) in [5.74, 6) is -0.289. The van der Waals surface area contributed by atoms with Gasteiger partial charge >= 0.3 is 5.97 Å². The van der Waals surface area contributed by atoms with Gasteiger partial charge in [0.25, 0.3) is 0 Å². The van der Waals surface area contributed by atoms with E-state index in [9.17, 15) is 14.7 Å². The fraction of sp³-hybridized carbons (Fsp3) is 0.390. The van der Waals surface area contributed by atoms with Crippen molar-refractivity contribution in [1.82, 2.24) is 34.6 Å². The topological polar surface area (TPSA) is 135 Å². The van der Waals surface area contributed by atoms with Gasteiger partial charge in [0.15, 0.2) is 5.65 Å². The molecule has 55 heavy (non-hydrogen) atoms. The molecule has 1 spiro atoms. The first-order chi connectivity index (χ1) is 26.6. The van der Waals surface area contributed by atoms with Gasteiger partial charge in [0.2, 0.25) is 17.7 Å². The molecule has 3 aliphatic heterocycles. The van der Waals surface area contributed by atoms with Crippen molar-refractivity contribution in [3.63, 3.8) is 0 Å². The minimum Gasteiger partial charge on any atom is -0.481 e. The van der Waals surface area contributed by atoms with Gasteiger partial charge < -0.3 is 24.5 Å². The highest BCUT2D eigenvalue weighted by atomic mass is 35.5. The van der Waals surface area contributed by atoms with Crippen molar-refractivity contribution in [3.8, 4) is 34.1 Å². The molecule has 6 heterocycles. The van der Waals surface area contributed by atoms with Crippen LogP contribution in [0.25, 0.3) is 33.5 Å². The lowest BCUT2D eigenvalue weighted by molar-refractivity contribution is -0.141. The monoisotopic (exact) mass is 781 g/mol. The van der Waals surface area contributed by atoms with E-state index >= 15 is 0 Å². The van der Waals surface area contributed by atoms with E-state index in [1.165, 1.54) is 0 Å². The number of aryl methyl sites for hydroxylation is 1. The van der Waals surface area contributed by atoms with Crippen molar-refractivity contribution in [2.75, 3.05) is 39.8 Å². The van der Waals surface area contributed by atoms with Gasteiger partial charge in [-0.15, -0.1) is 0 Å². The number of carbonyl (C=O) groups is 2. The summed E-state index contributed by atoms with van der Waals surface area (Å²) in [6.45, 7) is 4.97. The molecule has 12 nitrogen and oxygen atoms in total. The zero-order valence-corrected chi connectivity index (χ0v) is 32.2. The lowest BCUT2D eigenvalue weighted by atomic mass is 9.79. The van der Waals surface area contributed by atoms with E-state index in [4.69, 9.17) is 42.6 Å². The number of nitrogens with one attached hydrogen (secondary N) is 1. The summed E-state index contributed by atoms with van der Waals surface area (Å²) < 4.78 is 14.2. The van der Waals surface area contributed by atoms with Crippen LogP contribution in [0, 0.1) is 11.3 Å². The third kappa shape index (κ3) is 6.58. The number of nitrogens with zero attached hydrogens (tertiary/aromatic N) is 6. The number of pyridine rings is 1. The number of carboxylic acids is 1. The first-order valence-electron chi connectivity index (χ1n) is 18.6. The number of methoxy groups -OCH3 is 1. The van der Waals surface area contributed by atoms with Crippen LogP contribution in [0.5, 0.6) is 11.8 Å². The summed E-state index contributed by atoms with van der Waals surface area (Å²) in [7, 11) is 3.55. The van der Waals surface area contributed by atoms with E-state index in [0.717, 1.165) is 89.1 Å². The molecule has 3 fully saturated rings. The Morgan fingerprint density at radius 1 is 1.02 bits per heavy atom. The number of carboxylic acid groups (broad SMARTS) is 1. The van der Waals surface area contributed by atoms with Crippen molar-refractivity contribution < 1.29 is 24.2 Å². The standard InChI is InChI=1S/C41H41Cl2N7O5/c1-48-16-25(19-50-21-41(22-50)14-34(51)45-20-41)36-37(48)46-32(15-44-36)30-8-4-7-29(35(30)43)26-5-3-6-28-27(26)9-10-33(28)55-39-31(42)13-24(38(47-39)54-2)18-49-12-11-23(17-49)40(52)53/h3-8,13,15-16,23,33H,9-12,14,17-22H2,1-2H3,(H,45,51)(H,52,53)/t23-,33+/m1/s1. The minimum atomic E-state index is -0.771. The maximum absolute atomic E-state index is 11.8. The summed E-state index contributed by atoms with van der Waals surface area (Å²) in [6.07, 6.45) is 6.38. The molecular weight excluding hydrogens is 741 g/mol. The SMILES string of the molecule is COc1nc(O[C@H]2CCc3c(-c4cccc(-c5cnc6c(CN7CC8(CNC(=O)C8)C7)cn(C)c6n5)c4Cl)cccc32)c(Cl)cc1CN1CC[C@@H](C(=O)O)C1. The molecule has 0 bridgehead atoms.